The highest BCUT2D eigenvalue weighted by molar-refractivity contribution is 6.28. The highest BCUT2D eigenvalue weighted by Crippen LogP contribution is 2.47. The molecule has 11 heteroatoms. The minimum Gasteiger partial charge on any atom is -0.394 e. The van der Waals surface area contributed by atoms with Gasteiger partial charge in [0.15, 0.2) is 29.0 Å². The van der Waals surface area contributed by atoms with Crippen molar-refractivity contribution in [1.29, 1.82) is 0 Å². The lowest BCUT2D eigenvalue weighted by molar-refractivity contribution is -0.199. The lowest BCUT2D eigenvalue weighted by Crippen LogP contribution is -2.57. The number of benzene rings is 1. The molecule has 7 rings (SSSR count). The third kappa shape index (κ3) is 3.31. The Bertz CT molecular complexity index is 1340. The summed E-state index contributed by atoms with van der Waals surface area (Å²) in [5.74, 6) is -0.303. The average Bonchev–Trinajstić information content (AvgIpc) is 3.51. The van der Waals surface area contributed by atoms with E-state index >= 15 is 0 Å². The van der Waals surface area contributed by atoms with E-state index in [1.165, 1.54) is 11.6 Å². The van der Waals surface area contributed by atoms with Gasteiger partial charge in [-0.2, -0.15) is 9.97 Å². The second kappa shape index (κ2) is 7.33. The van der Waals surface area contributed by atoms with Crippen molar-refractivity contribution in [3.63, 3.8) is 0 Å². The highest BCUT2D eigenvalue weighted by Gasteiger charge is 2.56. The molecule has 1 aromatic carbocycles. The van der Waals surface area contributed by atoms with Crippen LogP contribution in [0.5, 0.6) is 0 Å². The van der Waals surface area contributed by atoms with Crippen LogP contribution in [0, 0.1) is 11.2 Å². The molecular weight excluding hydrogens is 477 g/mol. The molecule has 0 saturated carbocycles. The zero-order valence-electron chi connectivity index (χ0n) is 19.3. The lowest BCUT2D eigenvalue weighted by Gasteiger charge is -2.49. The van der Waals surface area contributed by atoms with Crippen molar-refractivity contribution in [3.8, 4) is 0 Å². The minimum atomic E-state index is -0.785. The van der Waals surface area contributed by atoms with Crippen LogP contribution in [0.2, 0.25) is 5.28 Å². The van der Waals surface area contributed by atoms with Crippen LogP contribution < -0.4 is 4.90 Å². The predicted octanol–water partition coefficient (Wildman–Crippen LogP) is 2.63. The molecule has 0 unspecified atom stereocenters. The van der Waals surface area contributed by atoms with Gasteiger partial charge in [-0.3, -0.25) is 4.57 Å². The fourth-order valence-electron chi connectivity index (χ4n) is 6.25. The molecule has 35 heavy (non-hydrogen) atoms. The first-order valence-corrected chi connectivity index (χ1v) is 12.2. The Morgan fingerprint density at radius 3 is 2.71 bits per heavy atom. The number of anilines is 1. The largest absolute Gasteiger partial charge is 0.394 e. The smallest absolute Gasteiger partial charge is 0.226 e. The van der Waals surface area contributed by atoms with E-state index in [4.69, 9.17) is 25.8 Å². The molecule has 3 aliphatic heterocycles. The van der Waals surface area contributed by atoms with Crippen molar-refractivity contribution in [2.75, 3.05) is 24.6 Å². The van der Waals surface area contributed by atoms with Gasteiger partial charge in [0, 0.05) is 18.5 Å². The van der Waals surface area contributed by atoms with Gasteiger partial charge >= 0.3 is 0 Å². The topological polar surface area (TPSA) is 94.8 Å². The van der Waals surface area contributed by atoms with Crippen molar-refractivity contribution in [1.82, 2.24) is 19.5 Å². The maximum atomic E-state index is 13.7. The van der Waals surface area contributed by atoms with Crippen molar-refractivity contribution in [3.05, 3.63) is 46.8 Å². The Morgan fingerprint density at radius 1 is 1.14 bits per heavy atom. The quantitative estimate of drug-likeness (QED) is 0.547. The van der Waals surface area contributed by atoms with E-state index in [2.05, 4.69) is 19.9 Å². The summed E-state index contributed by atoms with van der Waals surface area (Å²) in [6.07, 6.45) is 1.49. The first kappa shape index (κ1) is 21.9. The first-order valence-electron chi connectivity index (χ1n) is 11.8. The number of aliphatic hydroxyl groups excluding tert-OH is 1. The van der Waals surface area contributed by atoms with Crippen LogP contribution in [0.15, 0.2) is 24.5 Å². The number of ether oxygens (including phenoxy) is 3. The van der Waals surface area contributed by atoms with Crippen molar-refractivity contribution < 1.29 is 23.7 Å². The third-order valence-electron chi connectivity index (χ3n) is 7.61. The van der Waals surface area contributed by atoms with Crippen LogP contribution in [-0.2, 0) is 27.1 Å². The van der Waals surface area contributed by atoms with E-state index in [0.29, 0.717) is 17.0 Å². The molecule has 9 nitrogen and oxygen atoms in total. The van der Waals surface area contributed by atoms with E-state index in [9.17, 15) is 9.50 Å². The van der Waals surface area contributed by atoms with E-state index in [1.54, 1.807) is 17.0 Å². The second-order valence-electron chi connectivity index (χ2n) is 10.6. The normalized spacial score (nSPS) is 30.1. The SMILES string of the molecule is CC1(C)O[C@@H]2[C@H](O1)[C@@H](CO)O[C@H]2n1cnc2c(N3CC4(Cc5ccc(F)cc5C4)C3)nc(Cl)nc21. The fourth-order valence-corrected chi connectivity index (χ4v) is 6.41. The molecule has 1 spiro atoms. The third-order valence-corrected chi connectivity index (χ3v) is 7.78. The number of nitrogens with zero attached hydrogens (tertiary/aromatic N) is 5. The summed E-state index contributed by atoms with van der Waals surface area (Å²) in [5, 5.41) is 9.95. The summed E-state index contributed by atoms with van der Waals surface area (Å²) < 4.78 is 33.7. The number of imidazole rings is 1. The van der Waals surface area contributed by atoms with Crippen LogP contribution in [0.1, 0.15) is 31.2 Å². The first-order chi connectivity index (χ1) is 16.7. The van der Waals surface area contributed by atoms with Crippen LogP contribution in [0.3, 0.4) is 0 Å². The molecule has 0 radical (unpaired) electrons. The fraction of sp³-hybridized carbons (Fsp3) is 0.542. The molecule has 0 amide bonds. The Morgan fingerprint density at radius 2 is 1.91 bits per heavy atom. The summed E-state index contributed by atoms with van der Waals surface area (Å²) in [6, 6.07) is 5.08. The molecule has 184 valence electrons. The number of rotatable bonds is 3. The molecule has 3 fully saturated rings. The van der Waals surface area contributed by atoms with Crippen molar-refractivity contribution >= 4 is 28.6 Å². The number of fused-ring (bicyclic) bond motifs is 3. The van der Waals surface area contributed by atoms with Gasteiger partial charge in [0.2, 0.25) is 5.28 Å². The molecule has 3 saturated heterocycles. The molecule has 1 N–H and O–H groups in total. The number of hydrogen-bond donors (Lipinski definition) is 1. The van der Waals surface area contributed by atoms with Gasteiger partial charge in [0.1, 0.15) is 24.1 Å². The van der Waals surface area contributed by atoms with Crippen LogP contribution in [0.25, 0.3) is 11.2 Å². The summed E-state index contributed by atoms with van der Waals surface area (Å²) in [5.41, 5.74) is 3.53. The van der Waals surface area contributed by atoms with Gasteiger partial charge in [-0.05, 0) is 61.5 Å². The monoisotopic (exact) mass is 501 g/mol. The van der Waals surface area contributed by atoms with Gasteiger partial charge in [-0.25, -0.2) is 9.37 Å². The van der Waals surface area contributed by atoms with Gasteiger partial charge in [0.25, 0.3) is 0 Å². The molecule has 4 aliphatic rings. The molecule has 1 aliphatic carbocycles. The zero-order valence-corrected chi connectivity index (χ0v) is 20.1. The van der Waals surface area contributed by atoms with E-state index in [1.807, 2.05) is 19.9 Å². The zero-order chi connectivity index (χ0) is 24.1. The number of hydrogen-bond acceptors (Lipinski definition) is 8. The summed E-state index contributed by atoms with van der Waals surface area (Å²) in [7, 11) is 0. The van der Waals surface area contributed by atoms with E-state index in [-0.39, 0.29) is 23.1 Å². The Hall–Kier alpha value is -2.37. The van der Waals surface area contributed by atoms with E-state index < -0.39 is 30.3 Å². The lowest BCUT2D eigenvalue weighted by atomic mass is 9.77. The minimum absolute atomic E-state index is 0.0686. The molecule has 5 heterocycles. The second-order valence-corrected chi connectivity index (χ2v) is 10.9. The Balaban J connectivity index is 1.19. The summed E-state index contributed by atoms with van der Waals surface area (Å²) in [6.45, 7) is 5.06. The van der Waals surface area contributed by atoms with Gasteiger partial charge < -0.3 is 24.2 Å². The average molecular weight is 502 g/mol. The number of aromatic nitrogens is 4. The number of halogens is 2. The Kier molecular flexibility index (Phi) is 4.58. The van der Waals surface area contributed by atoms with Gasteiger partial charge in [-0.15, -0.1) is 0 Å². The molecular formula is C24H25ClFN5O4. The van der Waals surface area contributed by atoms with Crippen molar-refractivity contribution in [2.45, 2.75) is 57.0 Å². The van der Waals surface area contributed by atoms with Crippen LogP contribution in [0.4, 0.5) is 10.2 Å². The molecule has 0 bridgehead atoms. The highest BCUT2D eigenvalue weighted by atomic mass is 35.5. The van der Waals surface area contributed by atoms with Gasteiger partial charge in [0.05, 0.1) is 12.9 Å². The maximum absolute atomic E-state index is 13.7. The summed E-state index contributed by atoms with van der Waals surface area (Å²) >= 11 is 6.37. The van der Waals surface area contributed by atoms with Gasteiger partial charge in [-0.1, -0.05) is 6.07 Å². The molecule has 3 aromatic rings. The van der Waals surface area contributed by atoms with Crippen LogP contribution >= 0.6 is 11.6 Å². The van der Waals surface area contributed by atoms with E-state index in [0.717, 1.165) is 31.5 Å². The Labute approximate surface area is 205 Å². The van der Waals surface area contributed by atoms with Crippen molar-refractivity contribution in [2.24, 2.45) is 5.41 Å². The molecule has 4 atom stereocenters. The summed E-state index contributed by atoms with van der Waals surface area (Å²) in [4.78, 5) is 15.8. The molecule has 2 aromatic heterocycles. The maximum Gasteiger partial charge on any atom is 0.226 e. The predicted molar refractivity (Wildman–Crippen MR) is 124 cm³/mol. The number of aliphatic hydroxyl groups is 1. The van der Waals surface area contributed by atoms with Crippen LogP contribution in [-0.4, -0.2) is 68.4 Å². The standard InChI is InChI=1S/C24H25ClFN5O4/c1-23(2)34-17-15(8-32)33-21(18(17)35-23)31-11-27-16-19(28-22(25)29-20(16)31)30-9-24(10-30)6-12-3-4-14(26)5-13(12)7-24/h3-5,11,15,17-18,21,32H,6-10H2,1-2H3/t15-,17-,18-,21-/m1/s1.